The first kappa shape index (κ1) is 20.3. The van der Waals surface area contributed by atoms with E-state index < -0.39 is 11.1 Å². The summed E-state index contributed by atoms with van der Waals surface area (Å²) in [6, 6.07) is 12.1. The minimum Gasteiger partial charge on any atom is -0.601 e. The molecule has 4 aromatic rings. The number of hydroxylamine groups is 1. The monoisotopic (exact) mass is 477 g/mol. The number of methoxy groups -OCH3 is 1. The van der Waals surface area contributed by atoms with Gasteiger partial charge in [0.2, 0.25) is 11.4 Å². The van der Waals surface area contributed by atoms with Crippen LogP contribution in [-0.2, 0) is 6.42 Å². The second kappa shape index (κ2) is 7.62. The zero-order valence-corrected chi connectivity index (χ0v) is 18.3. The molecular weight excluding hydrogens is 462 g/mol. The number of carbonyl (C=O) groups is 1. The van der Waals surface area contributed by atoms with Crippen molar-refractivity contribution in [3.05, 3.63) is 81.6 Å². The number of amides is 1. The van der Waals surface area contributed by atoms with Crippen molar-refractivity contribution in [3.63, 3.8) is 0 Å². The van der Waals surface area contributed by atoms with Crippen molar-refractivity contribution < 1.29 is 24.2 Å². The first-order chi connectivity index (χ1) is 16.5. The Labute approximate surface area is 195 Å². The van der Waals surface area contributed by atoms with Gasteiger partial charge in [0.1, 0.15) is 11.4 Å². The summed E-state index contributed by atoms with van der Waals surface area (Å²) in [5, 5.41) is 36.9. The zero-order chi connectivity index (χ0) is 23.4. The predicted molar refractivity (Wildman–Crippen MR) is 121 cm³/mol. The van der Waals surface area contributed by atoms with Crippen LogP contribution >= 0.6 is 11.3 Å². The molecule has 0 bridgehead atoms. The minimum absolute atomic E-state index is 0.195. The van der Waals surface area contributed by atoms with E-state index >= 15 is 0 Å². The smallest absolute Gasteiger partial charge is 0.278 e. The second-order valence-electron chi connectivity index (χ2n) is 7.44. The van der Waals surface area contributed by atoms with Gasteiger partial charge in [0.25, 0.3) is 11.6 Å². The fourth-order valence-corrected chi connectivity index (χ4v) is 4.74. The maximum absolute atomic E-state index is 13.2. The molecule has 6 rings (SSSR count). The van der Waals surface area contributed by atoms with E-state index in [0.717, 1.165) is 15.3 Å². The van der Waals surface area contributed by atoms with Gasteiger partial charge in [-0.3, -0.25) is 14.7 Å². The Bertz CT molecular complexity index is 1520. The molecule has 1 aliphatic carbocycles. The van der Waals surface area contributed by atoms with Crippen molar-refractivity contribution in [1.82, 2.24) is 10.1 Å². The van der Waals surface area contributed by atoms with E-state index in [1.54, 1.807) is 43.5 Å². The molecule has 1 unspecified atom stereocenters. The summed E-state index contributed by atoms with van der Waals surface area (Å²) in [5.74, 6) is 0.248. The van der Waals surface area contributed by atoms with Crippen LogP contribution in [0, 0.1) is 10.4 Å². The van der Waals surface area contributed by atoms with Crippen LogP contribution in [0.3, 0.4) is 0 Å². The fourth-order valence-electron chi connectivity index (χ4n) is 3.85. The normalized spacial score (nSPS) is 16.6. The largest absolute Gasteiger partial charge is 0.601 e. The highest BCUT2D eigenvalue weighted by molar-refractivity contribution is 7.22. The van der Waals surface area contributed by atoms with Crippen molar-refractivity contribution in [2.24, 2.45) is 5.10 Å². The summed E-state index contributed by atoms with van der Waals surface area (Å²) in [6.45, 7) is 0. The highest BCUT2D eigenvalue weighted by Crippen LogP contribution is 2.30. The third-order valence-corrected chi connectivity index (χ3v) is 6.43. The molecular formula is C21H15N7O5S. The molecule has 2 aliphatic rings. The van der Waals surface area contributed by atoms with E-state index in [4.69, 9.17) is 4.74 Å². The summed E-state index contributed by atoms with van der Waals surface area (Å²) in [7, 11) is 1.58. The number of hydrazone groups is 1. The molecule has 1 amide bonds. The number of hydrogen-bond acceptors (Lipinski definition) is 10. The highest BCUT2D eigenvalue weighted by atomic mass is 32.1. The van der Waals surface area contributed by atoms with Gasteiger partial charge >= 0.3 is 0 Å². The number of quaternary nitrogens is 1. The zero-order valence-electron chi connectivity index (χ0n) is 17.5. The summed E-state index contributed by atoms with van der Waals surface area (Å²) in [4.78, 5) is 17.9. The molecule has 3 heterocycles. The van der Waals surface area contributed by atoms with Gasteiger partial charge < -0.3 is 15.2 Å². The number of nitrogens with one attached hydrogen (secondary N) is 2. The van der Waals surface area contributed by atoms with Crippen LogP contribution in [0.15, 0.2) is 64.0 Å². The predicted octanol–water partition coefficient (Wildman–Crippen LogP) is 1.14. The van der Waals surface area contributed by atoms with Gasteiger partial charge in [-0.05, 0) is 41.3 Å². The van der Waals surface area contributed by atoms with Crippen molar-refractivity contribution in [2.45, 2.75) is 6.42 Å². The Morgan fingerprint density at radius 3 is 3.03 bits per heavy atom. The van der Waals surface area contributed by atoms with Crippen LogP contribution in [-0.4, -0.2) is 28.9 Å². The number of para-hydroxylation sites is 1. The average molecular weight is 477 g/mol. The Morgan fingerprint density at radius 1 is 1.32 bits per heavy atom. The van der Waals surface area contributed by atoms with Gasteiger partial charge in [-0.15, -0.1) is 10.2 Å². The lowest BCUT2D eigenvalue weighted by Crippen LogP contribution is -3.11. The van der Waals surface area contributed by atoms with Crippen LogP contribution in [0.5, 0.6) is 5.75 Å². The molecule has 0 saturated heterocycles. The number of nitrogens with zero attached hydrogens (tertiary/aromatic N) is 5. The first-order valence-electron chi connectivity index (χ1n) is 10.1. The van der Waals surface area contributed by atoms with E-state index in [1.165, 1.54) is 11.3 Å². The van der Waals surface area contributed by atoms with Crippen molar-refractivity contribution in [2.75, 3.05) is 17.5 Å². The van der Waals surface area contributed by atoms with Crippen LogP contribution in [0.4, 0.5) is 10.8 Å². The highest BCUT2D eigenvalue weighted by Gasteiger charge is 2.42. The van der Waals surface area contributed by atoms with Gasteiger partial charge in [-0.25, -0.2) is 10.2 Å². The fraction of sp³-hybridized carbons (Fsp3) is 0.0952. The number of thiazole rings is 1. The number of anilines is 2. The van der Waals surface area contributed by atoms with Gasteiger partial charge in [0.15, 0.2) is 10.8 Å². The number of hydrogen-bond donors (Lipinski definition) is 2. The first-order valence-corrected chi connectivity index (χ1v) is 10.9. The quantitative estimate of drug-likeness (QED) is 0.416. The molecule has 170 valence electrons. The van der Waals surface area contributed by atoms with E-state index in [-0.39, 0.29) is 34.8 Å². The van der Waals surface area contributed by atoms with E-state index in [9.17, 15) is 15.2 Å². The average Bonchev–Trinajstić information content (AvgIpc) is 3.53. The standard InChI is InChI=1S/C21H15N7O5S/c1-32-11-6-7-13-17(10-11)34-21(22-13)23-20(29)12-4-2-3-5-14(12)26-24-18-15(27(26)30)8-9-16-19(18)25-33-28(16)31/h2-8,10,27H,9H2,1H3,(H,22,23,29). The molecule has 2 aromatic heterocycles. The molecule has 2 aromatic carbocycles. The maximum atomic E-state index is 13.2. The second-order valence-corrected chi connectivity index (χ2v) is 8.47. The van der Waals surface area contributed by atoms with Crippen LogP contribution in [0.2, 0.25) is 0 Å². The van der Waals surface area contributed by atoms with Gasteiger partial charge in [-0.1, -0.05) is 23.5 Å². The maximum Gasteiger partial charge on any atom is 0.278 e. The number of benzene rings is 2. The van der Waals surface area contributed by atoms with E-state index in [2.05, 4.69) is 25.2 Å². The summed E-state index contributed by atoms with van der Waals surface area (Å²) in [6.07, 6.45) is 1.80. The third kappa shape index (κ3) is 3.10. The number of fused-ring (bicyclic) bond motifs is 4. The van der Waals surface area contributed by atoms with Crippen LogP contribution < -0.4 is 25.2 Å². The van der Waals surface area contributed by atoms with Crippen LogP contribution in [0.1, 0.15) is 21.7 Å². The number of rotatable bonds is 4. The van der Waals surface area contributed by atoms with Crippen molar-refractivity contribution >= 4 is 44.0 Å². The van der Waals surface area contributed by atoms with Crippen molar-refractivity contribution in [3.8, 4) is 5.75 Å². The van der Waals surface area contributed by atoms with E-state index in [1.807, 2.05) is 12.1 Å². The summed E-state index contributed by atoms with van der Waals surface area (Å²) in [5.41, 5.74) is 2.28. The molecule has 1 atom stereocenters. The minimum atomic E-state index is -0.446. The Kier molecular flexibility index (Phi) is 4.55. The Morgan fingerprint density at radius 2 is 2.18 bits per heavy atom. The molecule has 12 nitrogen and oxygen atoms in total. The number of aromatic nitrogens is 3. The van der Waals surface area contributed by atoms with Crippen molar-refractivity contribution in [1.29, 1.82) is 0 Å². The lowest BCUT2D eigenvalue weighted by atomic mass is 10.0. The van der Waals surface area contributed by atoms with E-state index in [0.29, 0.717) is 21.5 Å². The lowest BCUT2D eigenvalue weighted by molar-refractivity contribution is -0.809. The Hall–Kier alpha value is -4.33. The topological polar surface area (TPSA) is 147 Å². The van der Waals surface area contributed by atoms with Gasteiger partial charge in [-0.2, -0.15) is 0 Å². The number of carbonyl (C=O) groups excluding carboxylic acids is 1. The lowest BCUT2D eigenvalue weighted by Gasteiger charge is -2.26. The SMILES string of the molecule is COc1ccc2nc(NC(=O)c3ccccc3N3N=C4C(=CCc5c4no[n+]5[O-])[NH+]3[O-])sc2c1. The molecule has 0 radical (unpaired) electrons. The third-order valence-electron chi connectivity index (χ3n) is 5.49. The molecule has 0 fully saturated rings. The molecule has 1 aliphatic heterocycles. The van der Waals surface area contributed by atoms with Gasteiger partial charge in [0.05, 0.1) is 22.9 Å². The summed E-state index contributed by atoms with van der Waals surface area (Å²) < 4.78 is 10.8. The molecule has 0 saturated carbocycles. The molecule has 0 spiro atoms. The summed E-state index contributed by atoms with van der Waals surface area (Å²) >= 11 is 1.31. The van der Waals surface area contributed by atoms with Gasteiger partial charge in [0, 0.05) is 11.6 Å². The molecule has 13 heteroatoms. The molecule has 34 heavy (non-hydrogen) atoms. The van der Waals surface area contributed by atoms with Crippen LogP contribution in [0.25, 0.3) is 10.2 Å². The number of ether oxygens (including phenoxy) is 1. The number of allylic oxidation sites excluding steroid dienone is 2. The molecule has 2 N–H and O–H groups in total. The Balaban J connectivity index is 1.33.